The summed E-state index contributed by atoms with van der Waals surface area (Å²) in [5.74, 6) is -0.177. The first kappa shape index (κ1) is 14.7. The summed E-state index contributed by atoms with van der Waals surface area (Å²) in [7, 11) is 0. The summed E-state index contributed by atoms with van der Waals surface area (Å²) >= 11 is 0. The molecule has 2 nitrogen and oxygen atoms in total. The molecule has 0 aromatic rings. The molecular formula is C16H24O2. The molecule has 0 aromatic carbocycles. The van der Waals surface area contributed by atoms with Crippen LogP contribution in [0.4, 0.5) is 0 Å². The van der Waals surface area contributed by atoms with E-state index in [-0.39, 0.29) is 12.1 Å². The van der Waals surface area contributed by atoms with Crippen molar-refractivity contribution < 1.29 is 9.53 Å². The number of carbonyl (C=O) groups is 1. The Balaban J connectivity index is 2.07. The maximum atomic E-state index is 11.5. The Morgan fingerprint density at radius 2 is 1.89 bits per heavy atom. The van der Waals surface area contributed by atoms with E-state index in [2.05, 4.69) is 12.7 Å². The second kappa shape index (κ2) is 9.69. The van der Waals surface area contributed by atoms with Gasteiger partial charge in [0.15, 0.2) is 0 Å². The highest BCUT2D eigenvalue weighted by Gasteiger charge is 2.15. The predicted octanol–water partition coefficient (Wildman–Crippen LogP) is 4.33. The first-order chi connectivity index (χ1) is 8.83. The number of esters is 1. The minimum absolute atomic E-state index is 0.159. The van der Waals surface area contributed by atoms with E-state index < -0.39 is 0 Å². The summed E-state index contributed by atoms with van der Waals surface area (Å²) in [5, 5.41) is 0. The Morgan fingerprint density at radius 1 is 1.17 bits per heavy atom. The summed E-state index contributed by atoms with van der Waals surface area (Å²) in [4.78, 5) is 11.5. The summed E-state index contributed by atoms with van der Waals surface area (Å²) in [6.45, 7) is 3.61. The van der Waals surface area contributed by atoms with Crippen molar-refractivity contribution in [2.75, 3.05) is 0 Å². The summed E-state index contributed by atoms with van der Waals surface area (Å²) in [5.41, 5.74) is 0. The predicted molar refractivity (Wildman–Crippen MR) is 75.3 cm³/mol. The third-order valence-electron chi connectivity index (χ3n) is 3.10. The van der Waals surface area contributed by atoms with E-state index in [1.807, 2.05) is 12.2 Å². The van der Waals surface area contributed by atoms with Crippen molar-refractivity contribution in [3.8, 4) is 0 Å². The zero-order chi connectivity index (χ0) is 13.1. The molecular weight excluding hydrogens is 224 g/mol. The minimum atomic E-state index is -0.177. The SMILES string of the molecule is C=C/C=C/CCC/C=C/C(=O)OC1CCCCC1. The van der Waals surface area contributed by atoms with Crippen molar-refractivity contribution in [3.05, 3.63) is 37.0 Å². The Kier molecular flexibility index (Phi) is 7.94. The molecule has 1 aliphatic rings. The zero-order valence-electron chi connectivity index (χ0n) is 11.1. The van der Waals surface area contributed by atoms with Crippen LogP contribution in [0.25, 0.3) is 0 Å². The van der Waals surface area contributed by atoms with E-state index in [4.69, 9.17) is 4.74 Å². The lowest BCUT2D eigenvalue weighted by molar-refractivity contribution is -0.144. The van der Waals surface area contributed by atoms with Crippen molar-refractivity contribution in [2.45, 2.75) is 57.5 Å². The first-order valence-corrected chi connectivity index (χ1v) is 6.97. The van der Waals surface area contributed by atoms with Gasteiger partial charge in [0, 0.05) is 6.08 Å². The van der Waals surface area contributed by atoms with Crippen LogP contribution in [0.5, 0.6) is 0 Å². The molecule has 0 unspecified atom stereocenters. The van der Waals surface area contributed by atoms with E-state index in [9.17, 15) is 4.79 Å². The molecule has 0 spiro atoms. The van der Waals surface area contributed by atoms with Crippen LogP contribution >= 0.6 is 0 Å². The second-order valence-electron chi connectivity index (χ2n) is 4.69. The van der Waals surface area contributed by atoms with Crippen molar-refractivity contribution >= 4 is 5.97 Å². The van der Waals surface area contributed by atoms with Crippen LogP contribution in [0.1, 0.15) is 51.4 Å². The quantitative estimate of drug-likeness (QED) is 0.290. The van der Waals surface area contributed by atoms with Gasteiger partial charge in [-0.05, 0) is 44.9 Å². The lowest BCUT2D eigenvalue weighted by Crippen LogP contribution is -2.19. The molecule has 0 heterocycles. The van der Waals surface area contributed by atoms with Gasteiger partial charge in [-0.1, -0.05) is 37.3 Å². The van der Waals surface area contributed by atoms with E-state index in [1.54, 1.807) is 12.2 Å². The van der Waals surface area contributed by atoms with Crippen LogP contribution in [-0.4, -0.2) is 12.1 Å². The molecule has 100 valence electrons. The van der Waals surface area contributed by atoms with Crippen molar-refractivity contribution in [1.82, 2.24) is 0 Å². The molecule has 0 radical (unpaired) electrons. The second-order valence-corrected chi connectivity index (χ2v) is 4.69. The smallest absolute Gasteiger partial charge is 0.330 e. The number of unbranched alkanes of at least 4 members (excludes halogenated alkanes) is 2. The lowest BCUT2D eigenvalue weighted by Gasteiger charge is -2.20. The standard InChI is InChI=1S/C16H24O2/c1-2-3-4-5-6-7-11-14-16(17)18-15-12-9-8-10-13-15/h2-4,11,14-15H,1,5-10,12-13H2/b4-3+,14-11+. The highest BCUT2D eigenvalue weighted by Crippen LogP contribution is 2.20. The first-order valence-electron chi connectivity index (χ1n) is 6.97. The Hall–Kier alpha value is -1.31. The molecule has 1 rings (SSSR count). The van der Waals surface area contributed by atoms with Crippen LogP contribution in [0.3, 0.4) is 0 Å². The summed E-state index contributed by atoms with van der Waals surface area (Å²) in [6, 6.07) is 0. The van der Waals surface area contributed by atoms with Gasteiger partial charge in [0.2, 0.25) is 0 Å². The molecule has 18 heavy (non-hydrogen) atoms. The number of ether oxygens (including phenoxy) is 1. The molecule has 1 aliphatic carbocycles. The van der Waals surface area contributed by atoms with Gasteiger partial charge < -0.3 is 4.74 Å². The van der Waals surface area contributed by atoms with Gasteiger partial charge >= 0.3 is 5.97 Å². The Labute approximate surface area is 110 Å². The number of hydrogen-bond acceptors (Lipinski definition) is 2. The zero-order valence-corrected chi connectivity index (χ0v) is 11.1. The van der Waals surface area contributed by atoms with Gasteiger partial charge in [0.05, 0.1) is 0 Å². The monoisotopic (exact) mass is 248 g/mol. The normalized spacial score (nSPS) is 17.3. The summed E-state index contributed by atoms with van der Waals surface area (Å²) in [6.07, 6.45) is 18.2. The van der Waals surface area contributed by atoms with Gasteiger partial charge in [-0.2, -0.15) is 0 Å². The lowest BCUT2D eigenvalue weighted by atomic mass is 9.98. The number of rotatable bonds is 7. The highest BCUT2D eigenvalue weighted by atomic mass is 16.5. The number of carbonyl (C=O) groups excluding carboxylic acids is 1. The van der Waals surface area contributed by atoms with Crippen LogP contribution < -0.4 is 0 Å². The molecule has 0 aliphatic heterocycles. The van der Waals surface area contributed by atoms with Gasteiger partial charge in [-0.3, -0.25) is 0 Å². The average Bonchev–Trinajstić information content (AvgIpc) is 2.39. The molecule has 0 saturated heterocycles. The van der Waals surface area contributed by atoms with Gasteiger partial charge in [0.1, 0.15) is 6.10 Å². The fraction of sp³-hybridized carbons (Fsp3) is 0.562. The fourth-order valence-electron chi connectivity index (χ4n) is 2.11. The third kappa shape index (κ3) is 7.10. The fourth-order valence-corrected chi connectivity index (χ4v) is 2.11. The molecule has 0 aromatic heterocycles. The van der Waals surface area contributed by atoms with E-state index in [1.165, 1.54) is 19.3 Å². The van der Waals surface area contributed by atoms with Crippen LogP contribution in [0.15, 0.2) is 37.0 Å². The van der Waals surface area contributed by atoms with E-state index in [0.29, 0.717) is 0 Å². The van der Waals surface area contributed by atoms with Gasteiger partial charge in [0.25, 0.3) is 0 Å². The molecule has 1 fully saturated rings. The molecule has 0 N–H and O–H groups in total. The topological polar surface area (TPSA) is 26.3 Å². The van der Waals surface area contributed by atoms with Crippen molar-refractivity contribution in [2.24, 2.45) is 0 Å². The van der Waals surface area contributed by atoms with E-state index >= 15 is 0 Å². The summed E-state index contributed by atoms with van der Waals surface area (Å²) < 4.78 is 5.38. The van der Waals surface area contributed by atoms with Gasteiger partial charge in [-0.15, -0.1) is 0 Å². The molecule has 0 amide bonds. The van der Waals surface area contributed by atoms with Gasteiger partial charge in [-0.25, -0.2) is 4.79 Å². The van der Waals surface area contributed by atoms with Crippen LogP contribution in [-0.2, 0) is 9.53 Å². The van der Waals surface area contributed by atoms with Crippen LogP contribution in [0.2, 0.25) is 0 Å². The maximum Gasteiger partial charge on any atom is 0.330 e. The average molecular weight is 248 g/mol. The molecule has 2 heteroatoms. The Morgan fingerprint density at radius 3 is 2.61 bits per heavy atom. The van der Waals surface area contributed by atoms with Crippen molar-refractivity contribution in [3.63, 3.8) is 0 Å². The third-order valence-corrected chi connectivity index (χ3v) is 3.10. The molecule has 0 atom stereocenters. The number of allylic oxidation sites excluding steroid dienone is 4. The van der Waals surface area contributed by atoms with Crippen LogP contribution in [0, 0.1) is 0 Å². The maximum absolute atomic E-state index is 11.5. The van der Waals surface area contributed by atoms with Crippen molar-refractivity contribution in [1.29, 1.82) is 0 Å². The Bertz CT molecular complexity index is 296. The molecule has 0 bridgehead atoms. The highest BCUT2D eigenvalue weighted by molar-refractivity contribution is 5.82. The minimum Gasteiger partial charge on any atom is -0.459 e. The largest absolute Gasteiger partial charge is 0.459 e. The van der Waals surface area contributed by atoms with E-state index in [0.717, 1.165) is 32.1 Å². The number of hydrogen-bond donors (Lipinski definition) is 0. The molecule has 1 saturated carbocycles.